The van der Waals surface area contributed by atoms with Crippen LogP contribution in [0.5, 0.6) is 0 Å². The number of nitrogens with zero attached hydrogens (tertiary/aromatic N) is 1. The number of sulfonamides is 1. The van der Waals surface area contributed by atoms with Crippen LogP contribution in [-0.2, 0) is 10.0 Å². The predicted octanol–water partition coefficient (Wildman–Crippen LogP) is 1.37. The normalized spacial score (nSPS) is 14.5. The van der Waals surface area contributed by atoms with E-state index in [0.717, 1.165) is 18.9 Å². The molecule has 0 radical (unpaired) electrons. The Kier molecular flexibility index (Phi) is 8.08. The zero-order chi connectivity index (χ0) is 16.9. The summed E-state index contributed by atoms with van der Waals surface area (Å²) in [6.07, 6.45) is 2.45. The Bertz CT molecular complexity index is 664. The van der Waals surface area contributed by atoms with Gasteiger partial charge in [0.15, 0.2) is 0 Å². The van der Waals surface area contributed by atoms with Crippen molar-refractivity contribution in [2.45, 2.75) is 24.2 Å². The van der Waals surface area contributed by atoms with Crippen LogP contribution < -0.4 is 10.0 Å². The highest BCUT2D eigenvalue weighted by Crippen LogP contribution is 2.19. The third-order valence-electron chi connectivity index (χ3n) is 3.77. The Morgan fingerprint density at radius 3 is 2.50 bits per heavy atom. The number of carbonyl (C=O) groups excluding carboxylic acids is 1. The second kappa shape index (κ2) is 9.31. The van der Waals surface area contributed by atoms with E-state index in [1.807, 2.05) is 0 Å². The molecule has 0 atom stereocenters. The number of rotatable bonds is 7. The summed E-state index contributed by atoms with van der Waals surface area (Å²) in [5.41, 5.74) is -0.0824. The molecule has 0 unspecified atom stereocenters. The van der Waals surface area contributed by atoms with Crippen LogP contribution in [0.3, 0.4) is 0 Å². The monoisotopic (exact) mass is 379 g/mol. The lowest BCUT2D eigenvalue weighted by atomic mass is 10.2. The molecule has 1 amide bonds. The molecule has 136 valence electrons. The second-order valence-electron chi connectivity index (χ2n) is 5.50. The highest BCUT2D eigenvalue weighted by Gasteiger charge is 2.24. The molecule has 1 aliphatic rings. The van der Waals surface area contributed by atoms with Gasteiger partial charge >= 0.3 is 0 Å². The molecule has 9 heteroatoms. The molecule has 1 aromatic carbocycles. The summed E-state index contributed by atoms with van der Waals surface area (Å²) in [6, 6.07) is 3.43. The van der Waals surface area contributed by atoms with Crippen LogP contribution >= 0.6 is 12.4 Å². The molecular weight excluding hydrogens is 357 g/mol. The maximum atomic E-state index is 14.2. The van der Waals surface area contributed by atoms with Crippen LogP contribution in [0.4, 0.5) is 4.39 Å². The molecule has 6 nitrogen and oxygen atoms in total. The average molecular weight is 380 g/mol. The maximum Gasteiger partial charge on any atom is 0.256 e. The van der Waals surface area contributed by atoms with Crippen LogP contribution in [0, 0.1) is 5.82 Å². The molecule has 0 spiro atoms. The fourth-order valence-corrected chi connectivity index (χ4v) is 3.57. The van der Waals surface area contributed by atoms with Crippen molar-refractivity contribution < 1.29 is 17.6 Å². The summed E-state index contributed by atoms with van der Waals surface area (Å²) in [5.74, 6) is -1.19. The molecule has 1 aliphatic heterocycles. The van der Waals surface area contributed by atoms with E-state index >= 15 is 0 Å². The number of nitrogens with one attached hydrogen (secondary N) is 2. The van der Waals surface area contributed by atoms with E-state index in [-0.39, 0.29) is 35.3 Å². The lowest BCUT2D eigenvalue weighted by Gasteiger charge is -2.16. The first-order chi connectivity index (χ1) is 11.0. The quantitative estimate of drug-likeness (QED) is 0.701. The van der Waals surface area contributed by atoms with Gasteiger partial charge in [-0.3, -0.25) is 4.79 Å². The SMILES string of the molecule is CNCCCNS(=O)(=O)c1ccc(C(=O)N2CCCC2)c(F)c1.Cl. The van der Waals surface area contributed by atoms with Crippen molar-refractivity contribution in [3.8, 4) is 0 Å². The van der Waals surface area contributed by atoms with Crippen molar-refractivity contribution >= 4 is 28.3 Å². The molecular formula is C15H23ClFN3O3S. The molecule has 2 rings (SSSR count). The van der Waals surface area contributed by atoms with Crippen LogP contribution in [0.15, 0.2) is 23.1 Å². The highest BCUT2D eigenvalue weighted by atomic mass is 35.5. The van der Waals surface area contributed by atoms with E-state index in [1.165, 1.54) is 12.1 Å². The second-order valence-corrected chi connectivity index (χ2v) is 7.26. The Hall–Kier alpha value is -1.22. The number of likely N-dealkylation sites (tertiary alicyclic amines) is 1. The minimum absolute atomic E-state index is 0. The molecule has 24 heavy (non-hydrogen) atoms. The van der Waals surface area contributed by atoms with Crippen molar-refractivity contribution in [3.63, 3.8) is 0 Å². The molecule has 0 saturated carbocycles. The third-order valence-corrected chi connectivity index (χ3v) is 5.23. The number of carbonyl (C=O) groups is 1. The van der Waals surface area contributed by atoms with Gasteiger partial charge in [0, 0.05) is 19.6 Å². The summed E-state index contributed by atoms with van der Waals surface area (Å²) >= 11 is 0. The lowest BCUT2D eigenvalue weighted by Crippen LogP contribution is -2.29. The summed E-state index contributed by atoms with van der Waals surface area (Å²) < 4.78 is 40.8. The average Bonchev–Trinajstić information content (AvgIpc) is 3.05. The smallest absolute Gasteiger partial charge is 0.256 e. The zero-order valence-corrected chi connectivity index (χ0v) is 15.2. The maximum absolute atomic E-state index is 14.2. The third kappa shape index (κ3) is 5.14. The molecule has 0 bridgehead atoms. The largest absolute Gasteiger partial charge is 0.339 e. The molecule has 1 aromatic rings. The van der Waals surface area contributed by atoms with E-state index in [0.29, 0.717) is 26.1 Å². The van der Waals surface area contributed by atoms with Gasteiger partial charge in [0.2, 0.25) is 10.0 Å². The van der Waals surface area contributed by atoms with Gasteiger partial charge in [-0.05, 0) is 51.1 Å². The fourth-order valence-electron chi connectivity index (χ4n) is 2.48. The Balaban J connectivity index is 0.00000288. The van der Waals surface area contributed by atoms with Gasteiger partial charge in [-0.2, -0.15) is 0 Å². The topological polar surface area (TPSA) is 78.5 Å². The van der Waals surface area contributed by atoms with E-state index < -0.39 is 15.8 Å². The Labute approximate surface area is 148 Å². The van der Waals surface area contributed by atoms with Crippen molar-refractivity contribution in [1.82, 2.24) is 14.9 Å². The molecule has 1 fully saturated rings. The molecule has 1 saturated heterocycles. The minimum Gasteiger partial charge on any atom is -0.339 e. The van der Waals surface area contributed by atoms with Gasteiger partial charge in [0.05, 0.1) is 10.5 Å². The number of hydrogen-bond acceptors (Lipinski definition) is 4. The minimum atomic E-state index is -3.77. The summed E-state index contributed by atoms with van der Waals surface area (Å²) in [7, 11) is -1.99. The van der Waals surface area contributed by atoms with E-state index in [2.05, 4.69) is 10.0 Å². The first-order valence-corrected chi connectivity index (χ1v) is 9.17. The summed E-state index contributed by atoms with van der Waals surface area (Å²) in [6.45, 7) is 2.18. The molecule has 2 N–H and O–H groups in total. The van der Waals surface area contributed by atoms with Gasteiger partial charge in [-0.1, -0.05) is 0 Å². The fraction of sp³-hybridized carbons (Fsp3) is 0.533. The Morgan fingerprint density at radius 2 is 1.92 bits per heavy atom. The lowest BCUT2D eigenvalue weighted by molar-refractivity contribution is 0.0788. The number of benzene rings is 1. The van der Waals surface area contributed by atoms with E-state index in [1.54, 1.807) is 11.9 Å². The van der Waals surface area contributed by atoms with Gasteiger partial charge in [-0.15, -0.1) is 12.4 Å². The standard InChI is InChI=1S/C15H22FN3O3S.ClH/c1-17-7-4-8-18-23(21,22)12-5-6-13(14(16)11-12)15(20)19-9-2-3-10-19;/h5-6,11,17-18H,2-4,7-10H2,1H3;1H. The van der Waals surface area contributed by atoms with Crippen LogP contribution in [0.25, 0.3) is 0 Å². The van der Waals surface area contributed by atoms with Crippen molar-refractivity contribution in [3.05, 3.63) is 29.6 Å². The van der Waals surface area contributed by atoms with Crippen LogP contribution in [-0.4, -0.2) is 52.5 Å². The van der Waals surface area contributed by atoms with Crippen LogP contribution in [0.2, 0.25) is 0 Å². The van der Waals surface area contributed by atoms with E-state index in [4.69, 9.17) is 0 Å². The molecule has 0 aliphatic carbocycles. The number of hydrogen-bond donors (Lipinski definition) is 2. The zero-order valence-electron chi connectivity index (χ0n) is 13.5. The van der Waals surface area contributed by atoms with Gasteiger partial charge in [0.1, 0.15) is 5.82 Å². The first-order valence-electron chi connectivity index (χ1n) is 7.69. The van der Waals surface area contributed by atoms with Crippen molar-refractivity contribution in [2.75, 3.05) is 33.2 Å². The summed E-state index contributed by atoms with van der Waals surface area (Å²) in [4.78, 5) is 13.6. The van der Waals surface area contributed by atoms with Crippen LogP contribution in [0.1, 0.15) is 29.6 Å². The van der Waals surface area contributed by atoms with Gasteiger partial charge in [0.25, 0.3) is 5.91 Å². The molecule has 1 heterocycles. The van der Waals surface area contributed by atoms with Gasteiger partial charge < -0.3 is 10.2 Å². The number of halogens is 2. The van der Waals surface area contributed by atoms with Crippen molar-refractivity contribution in [1.29, 1.82) is 0 Å². The van der Waals surface area contributed by atoms with E-state index in [9.17, 15) is 17.6 Å². The van der Waals surface area contributed by atoms with Gasteiger partial charge in [-0.25, -0.2) is 17.5 Å². The van der Waals surface area contributed by atoms with Crippen molar-refractivity contribution in [2.24, 2.45) is 0 Å². The first kappa shape index (κ1) is 20.8. The Morgan fingerprint density at radius 1 is 1.25 bits per heavy atom. The highest BCUT2D eigenvalue weighted by molar-refractivity contribution is 7.89. The molecule has 0 aromatic heterocycles. The predicted molar refractivity (Wildman–Crippen MR) is 92.5 cm³/mol. The summed E-state index contributed by atoms with van der Waals surface area (Å²) in [5, 5.41) is 2.91. The number of amides is 1.